The van der Waals surface area contributed by atoms with E-state index in [2.05, 4.69) is 22.9 Å². The monoisotopic (exact) mass is 340 g/mol. The van der Waals surface area contributed by atoms with Crippen molar-refractivity contribution in [2.24, 2.45) is 17.1 Å². The third-order valence-electron chi connectivity index (χ3n) is 4.62. The summed E-state index contributed by atoms with van der Waals surface area (Å²) in [7, 11) is 0. The summed E-state index contributed by atoms with van der Waals surface area (Å²) in [4.78, 5) is 10.9. The van der Waals surface area contributed by atoms with Gasteiger partial charge in [0.05, 0.1) is 4.92 Å². The van der Waals surface area contributed by atoms with Gasteiger partial charge in [-0.15, -0.1) is 0 Å². The number of rotatable bonds is 5. The molecule has 0 saturated heterocycles. The van der Waals surface area contributed by atoms with Crippen LogP contribution in [-0.2, 0) is 6.42 Å². The molecule has 2 atom stereocenters. The van der Waals surface area contributed by atoms with Crippen LogP contribution in [0, 0.1) is 21.4 Å². The molecule has 1 aromatic carbocycles. The Balaban J connectivity index is 2.26. The van der Waals surface area contributed by atoms with Gasteiger partial charge in [-0.3, -0.25) is 10.1 Å². The zero-order chi connectivity index (χ0) is 14.8. The van der Waals surface area contributed by atoms with Gasteiger partial charge in [-0.2, -0.15) is 0 Å². The second kappa shape index (κ2) is 6.22. The molecule has 1 saturated carbocycles. The van der Waals surface area contributed by atoms with Crippen LogP contribution in [0.1, 0.15) is 38.2 Å². The molecular weight excluding hydrogens is 320 g/mol. The third kappa shape index (κ3) is 3.20. The lowest BCUT2D eigenvalue weighted by Crippen LogP contribution is -2.30. The molecule has 1 aliphatic rings. The van der Waals surface area contributed by atoms with Crippen LogP contribution in [0.3, 0.4) is 0 Å². The highest BCUT2D eigenvalue weighted by Crippen LogP contribution is 2.45. The standard InChI is InChI=1S/C15H21BrN2O2/c1-2-11-5-6-15(8-11,10-17)9-12-3-4-13(16)7-14(12)18(19)20/h3-4,7,11H,2,5-6,8-10,17H2,1H3. The van der Waals surface area contributed by atoms with Crippen LogP contribution in [0.2, 0.25) is 0 Å². The second-order valence-electron chi connectivity index (χ2n) is 5.93. The fraction of sp³-hybridized carbons (Fsp3) is 0.600. The van der Waals surface area contributed by atoms with E-state index in [1.54, 1.807) is 6.07 Å². The summed E-state index contributed by atoms with van der Waals surface area (Å²) in [5, 5.41) is 11.2. The molecule has 0 heterocycles. The summed E-state index contributed by atoms with van der Waals surface area (Å²) in [5.74, 6) is 0.716. The van der Waals surface area contributed by atoms with Crippen molar-refractivity contribution in [3.05, 3.63) is 38.3 Å². The number of nitro groups is 1. The van der Waals surface area contributed by atoms with Crippen molar-refractivity contribution in [2.75, 3.05) is 6.54 Å². The molecule has 0 radical (unpaired) electrons. The number of hydrogen-bond acceptors (Lipinski definition) is 3. The Hall–Kier alpha value is -0.940. The van der Waals surface area contributed by atoms with Crippen molar-refractivity contribution in [3.8, 4) is 0 Å². The number of halogens is 1. The topological polar surface area (TPSA) is 69.2 Å². The highest BCUT2D eigenvalue weighted by atomic mass is 79.9. The molecule has 0 amide bonds. The Bertz CT molecular complexity index is 507. The maximum atomic E-state index is 11.2. The molecule has 110 valence electrons. The lowest BCUT2D eigenvalue weighted by Gasteiger charge is -2.28. The van der Waals surface area contributed by atoms with E-state index in [9.17, 15) is 10.1 Å². The number of nitrogens with two attached hydrogens (primary N) is 1. The fourth-order valence-corrected chi connectivity index (χ4v) is 3.70. The predicted octanol–water partition coefficient (Wildman–Crippen LogP) is 4.06. The molecule has 2 unspecified atom stereocenters. The molecule has 1 aromatic rings. The smallest absolute Gasteiger partial charge is 0.273 e. The van der Waals surface area contributed by atoms with Crippen LogP contribution >= 0.6 is 15.9 Å². The van der Waals surface area contributed by atoms with Crippen LogP contribution in [0.5, 0.6) is 0 Å². The lowest BCUT2D eigenvalue weighted by atomic mass is 9.79. The minimum atomic E-state index is -0.295. The quantitative estimate of drug-likeness (QED) is 0.649. The number of nitro benzene ring substituents is 1. The predicted molar refractivity (Wildman–Crippen MR) is 83.6 cm³/mol. The number of benzene rings is 1. The van der Waals surface area contributed by atoms with E-state index < -0.39 is 0 Å². The van der Waals surface area contributed by atoms with E-state index in [1.165, 1.54) is 12.8 Å². The first-order chi connectivity index (χ1) is 9.49. The average molecular weight is 341 g/mol. The summed E-state index contributed by atoms with van der Waals surface area (Å²) >= 11 is 3.30. The maximum Gasteiger partial charge on any atom is 0.273 e. The minimum Gasteiger partial charge on any atom is -0.330 e. The van der Waals surface area contributed by atoms with E-state index in [-0.39, 0.29) is 16.0 Å². The molecule has 1 aliphatic carbocycles. The van der Waals surface area contributed by atoms with Crippen LogP contribution in [0.4, 0.5) is 5.69 Å². The summed E-state index contributed by atoms with van der Waals surface area (Å²) in [6, 6.07) is 5.32. The van der Waals surface area contributed by atoms with Crippen molar-refractivity contribution in [3.63, 3.8) is 0 Å². The van der Waals surface area contributed by atoms with Gasteiger partial charge in [0, 0.05) is 16.1 Å². The zero-order valence-electron chi connectivity index (χ0n) is 11.8. The van der Waals surface area contributed by atoms with Crippen molar-refractivity contribution in [2.45, 2.75) is 39.0 Å². The van der Waals surface area contributed by atoms with Crippen molar-refractivity contribution >= 4 is 21.6 Å². The highest BCUT2D eigenvalue weighted by Gasteiger charge is 2.38. The minimum absolute atomic E-state index is 0.0409. The van der Waals surface area contributed by atoms with Gasteiger partial charge in [-0.05, 0) is 49.6 Å². The SMILES string of the molecule is CCC1CCC(CN)(Cc2ccc(Br)cc2[N+](=O)[O-])C1. The van der Waals surface area contributed by atoms with Gasteiger partial charge in [-0.25, -0.2) is 0 Å². The molecule has 20 heavy (non-hydrogen) atoms. The Morgan fingerprint density at radius 2 is 2.30 bits per heavy atom. The molecule has 0 aliphatic heterocycles. The molecular formula is C15H21BrN2O2. The van der Waals surface area contributed by atoms with Crippen LogP contribution in [0.25, 0.3) is 0 Å². The van der Waals surface area contributed by atoms with E-state index in [0.29, 0.717) is 18.9 Å². The van der Waals surface area contributed by atoms with Crippen LogP contribution < -0.4 is 5.73 Å². The third-order valence-corrected chi connectivity index (χ3v) is 5.12. The van der Waals surface area contributed by atoms with E-state index in [0.717, 1.165) is 22.9 Å². The summed E-state index contributed by atoms with van der Waals surface area (Å²) < 4.78 is 0.743. The Kier molecular flexibility index (Phi) is 4.81. The van der Waals surface area contributed by atoms with Gasteiger partial charge in [0.2, 0.25) is 0 Å². The first-order valence-electron chi connectivity index (χ1n) is 7.12. The Morgan fingerprint density at radius 1 is 1.55 bits per heavy atom. The Morgan fingerprint density at radius 3 is 2.85 bits per heavy atom. The molecule has 2 N–H and O–H groups in total. The van der Waals surface area contributed by atoms with Crippen molar-refractivity contribution < 1.29 is 4.92 Å². The largest absolute Gasteiger partial charge is 0.330 e. The normalized spacial score (nSPS) is 25.9. The lowest BCUT2D eigenvalue weighted by molar-refractivity contribution is -0.385. The highest BCUT2D eigenvalue weighted by molar-refractivity contribution is 9.10. The van der Waals surface area contributed by atoms with Gasteiger partial charge < -0.3 is 5.73 Å². The molecule has 0 bridgehead atoms. The number of nitrogens with zero attached hydrogens (tertiary/aromatic N) is 1. The summed E-state index contributed by atoms with van der Waals surface area (Å²) in [6.45, 7) is 2.82. The maximum absolute atomic E-state index is 11.2. The summed E-state index contributed by atoms with van der Waals surface area (Å²) in [6.07, 6.45) is 5.24. The molecule has 0 spiro atoms. The molecule has 2 rings (SSSR count). The average Bonchev–Trinajstić information content (AvgIpc) is 2.85. The zero-order valence-corrected chi connectivity index (χ0v) is 13.4. The van der Waals surface area contributed by atoms with Crippen molar-refractivity contribution in [1.29, 1.82) is 0 Å². The van der Waals surface area contributed by atoms with Crippen LogP contribution in [-0.4, -0.2) is 11.5 Å². The van der Waals surface area contributed by atoms with E-state index in [1.807, 2.05) is 12.1 Å². The first kappa shape index (κ1) is 15.4. The van der Waals surface area contributed by atoms with E-state index >= 15 is 0 Å². The van der Waals surface area contributed by atoms with Gasteiger partial charge in [-0.1, -0.05) is 35.3 Å². The molecule has 1 fully saturated rings. The Labute approximate surface area is 128 Å². The first-order valence-corrected chi connectivity index (χ1v) is 7.92. The van der Waals surface area contributed by atoms with Gasteiger partial charge in [0.1, 0.15) is 0 Å². The van der Waals surface area contributed by atoms with Gasteiger partial charge >= 0.3 is 0 Å². The number of hydrogen-bond donors (Lipinski definition) is 1. The second-order valence-corrected chi connectivity index (χ2v) is 6.84. The fourth-order valence-electron chi connectivity index (χ4n) is 3.35. The molecule has 0 aromatic heterocycles. The van der Waals surface area contributed by atoms with E-state index in [4.69, 9.17) is 5.73 Å². The van der Waals surface area contributed by atoms with Crippen molar-refractivity contribution in [1.82, 2.24) is 0 Å². The van der Waals surface area contributed by atoms with Gasteiger partial charge in [0.25, 0.3) is 5.69 Å². The van der Waals surface area contributed by atoms with Gasteiger partial charge in [0.15, 0.2) is 0 Å². The molecule has 5 heteroatoms. The van der Waals surface area contributed by atoms with Crippen LogP contribution in [0.15, 0.2) is 22.7 Å². The summed E-state index contributed by atoms with van der Waals surface area (Å²) in [5.41, 5.74) is 7.06. The molecule has 4 nitrogen and oxygen atoms in total.